The van der Waals surface area contributed by atoms with Crippen LogP contribution in [-0.2, 0) is 22.6 Å². The molecule has 1 aliphatic heterocycles. The van der Waals surface area contributed by atoms with Gasteiger partial charge in [0.05, 0.1) is 19.2 Å². The van der Waals surface area contributed by atoms with Crippen LogP contribution < -0.4 is 10.1 Å². The van der Waals surface area contributed by atoms with Crippen molar-refractivity contribution < 1.29 is 14.3 Å². The highest BCUT2D eigenvalue weighted by molar-refractivity contribution is 6.36. The number of ether oxygens (including phenoxy) is 1. The first kappa shape index (κ1) is 20.3. The van der Waals surface area contributed by atoms with Crippen molar-refractivity contribution in [3.63, 3.8) is 0 Å². The number of nitrogens with one attached hydrogen (secondary N) is 1. The molecule has 4 rings (SSSR count). The molecule has 0 bridgehead atoms. The Bertz CT molecular complexity index is 1120. The third-order valence-corrected chi connectivity index (χ3v) is 5.24. The van der Waals surface area contributed by atoms with Crippen LogP contribution in [-0.4, -0.2) is 28.8 Å². The van der Waals surface area contributed by atoms with Crippen molar-refractivity contribution in [2.75, 3.05) is 12.4 Å². The molecular weight excluding hydrogens is 390 g/mol. The number of imide groups is 1. The molecule has 2 heterocycles. The number of hydrogen-bond donors (Lipinski definition) is 1. The molecule has 0 radical (unpaired) electrons. The van der Waals surface area contributed by atoms with Crippen molar-refractivity contribution in [1.82, 2.24) is 9.88 Å². The second-order valence-electron chi connectivity index (χ2n) is 7.21. The molecule has 6 heteroatoms. The Kier molecular flexibility index (Phi) is 5.80. The Morgan fingerprint density at radius 1 is 0.935 bits per heavy atom. The summed E-state index contributed by atoms with van der Waals surface area (Å²) in [4.78, 5) is 32.0. The monoisotopic (exact) mass is 413 g/mol. The Labute approximate surface area is 181 Å². The maximum atomic E-state index is 13.3. The number of amides is 2. The van der Waals surface area contributed by atoms with Gasteiger partial charge in [0.15, 0.2) is 0 Å². The van der Waals surface area contributed by atoms with Crippen molar-refractivity contribution in [1.29, 1.82) is 0 Å². The third-order valence-electron chi connectivity index (χ3n) is 5.24. The van der Waals surface area contributed by atoms with Gasteiger partial charge in [-0.15, -0.1) is 0 Å². The quantitative estimate of drug-likeness (QED) is 0.592. The number of benzene rings is 2. The molecule has 1 N–H and O–H groups in total. The van der Waals surface area contributed by atoms with Gasteiger partial charge in [-0.2, -0.15) is 0 Å². The van der Waals surface area contributed by atoms with E-state index in [4.69, 9.17) is 4.74 Å². The van der Waals surface area contributed by atoms with Gasteiger partial charge < -0.3 is 10.1 Å². The minimum atomic E-state index is -0.362. The van der Waals surface area contributed by atoms with Crippen molar-refractivity contribution in [2.45, 2.75) is 19.9 Å². The van der Waals surface area contributed by atoms with Gasteiger partial charge in [0.1, 0.15) is 11.4 Å². The van der Waals surface area contributed by atoms with Gasteiger partial charge in [-0.1, -0.05) is 37.3 Å². The summed E-state index contributed by atoms with van der Waals surface area (Å²) in [6, 6.07) is 18.6. The smallest absolute Gasteiger partial charge is 0.278 e. The van der Waals surface area contributed by atoms with E-state index in [1.54, 1.807) is 49.8 Å². The highest BCUT2D eigenvalue weighted by Gasteiger charge is 2.39. The van der Waals surface area contributed by atoms with Crippen LogP contribution in [0.15, 0.2) is 78.8 Å². The molecular formula is C25H23N3O3. The number of aromatic nitrogens is 1. The van der Waals surface area contributed by atoms with Crippen molar-refractivity contribution >= 4 is 23.1 Å². The molecule has 0 spiro atoms. The molecule has 31 heavy (non-hydrogen) atoms. The maximum absolute atomic E-state index is 13.3. The van der Waals surface area contributed by atoms with E-state index in [9.17, 15) is 9.59 Å². The van der Waals surface area contributed by atoms with Gasteiger partial charge in [-0.3, -0.25) is 19.5 Å². The number of aryl methyl sites for hydroxylation is 1. The lowest BCUT2D eigenvalue weighted by Crippen LogP contribution is -2.32. The van der Waals surface area contributed by atoms with Crippen molar-refractivity contribution in [2.24, 2.45) is 0 Å². The molecule has 2 amide bonds. The maximum Gasteiger partial charge on any atom is 0.278 e. The van der Waals surface area contributed by atoms with Crippen molar-refractivity contribution in [3.8, 4) is 5.75 Å². The van der Waals surface area contributed by atoms with Crippen LogP contribution in [0.2, 0.25) is 0 Å². The fraction of sp³-hybridized carbons (Fsp3) is 0.160. The summed E-state index contributed by atoms with van der Waals surface area (Å²) in [5.74, 6) is -0.0241. The highest BCUT2D eigenvalue weighted by Crippen LogP contribution is 2.32. The molecule has 1 aliphatic rings. The molecule has 0 fully saturated rings. The zero-order chi connectivity index (χ0) is 21.8. The van der Waals surface area contributed by atoms with E-state index >= 15 is 0 Å². The largest absolute Gasteiger partial charge is 0.497 e. The predicted molar refractivity (Wildman–Crippen MR) is 119 cm³/mol. The topological polar surface area (TPSA) is 71.5 Å². The van der Waals surface area contributed by atoms with Crippen LogP contribution >= 0.6 is 0 Å². The molecule has 156 valence electrons. The fourth-order valence-corrected chi connectivity index (χ4v) is 3.50. The first-order valence-electron chi connectivity index (χ1n) is 10.1. The zero-order valence-corrected chi connectivity index (χ0v) is 17.5. The van der Waals surface area contributed by atoms with E-state index in [0.29, 0.717) is 16.9 Å². The molecule has 0 aliphatic carbocycles. The molecule has 0 saturated heterocycles. The first-order valence-corrected chi connectivity index (χ1v) is 10.1. The number of nitrogens with zero attached hydrogens (tertiary/aromatic N) is 2. The number of carbonyl (C=O) groups is 2. The van der Waals surface area contributed by atoms with Gasteiger partial charge >= 0.3 is 0 Å². The Hall–Kier alpha value is -3.93. The SMILES string of the molecule is CCc1ccc(NC2=C(c3ccc(OC)cc3)C(=O)N(Cc3cccnc3)C2=O)cc1. The van der Waals surface area contributed by atoms with Crippen molar-refractivity contribution in [3.05, 3.63) is 95.4 Å². The molecule has 2 aromatic carbocycles. The summed E-state index contributed by atoms with van der Waals surface area (Å²) in [6.07, 6.45) is 4.24. The van der Waals surface area contributed by atoms with Gasteiger partial charge in [0.2, 0.25) is 0 Å². The fourth-order valence-electron chi connectivity index (χ4n) is 3.50. The number of methoxy groups -OCH3 is 1. The van der Waals surface area contributed by atoms with Gasteiger partial charge in [0, 0.05) is 18.1 Å². The normalized spacial score (nSPS) is 13.7. The summed E-state index contributed by atoms with van der Waals surface area (Å²) in [7, 11) is 1.58. The van der Waals surface area contributed by atoms with Crippen LogP contribution in [0.25, 0.3) is 5.57 Å². The van der Waals surface area contributed by atoms with E-state index in [1.807, 2.05) is 30.3 Å². The predicted octanol–water partition coefficient (Wildman–Crippen LogP) is 4.04. The Balaban J connectivity index is 1.72. The number of anilines is 1. The van der Waals surface area contributed by atoms with Crippen LogP contribution in [0.3, 0.4) is 0 Å². The molecule has 3 aromatic rings. The highest BCUT2D eigenvalue weighted by atomic mass is 16.5. The van der Waals surface area contributed by atoms with E-state index in [0.717, 1.165) is 17.7 Å². The third kappa shape index (κ3) is 4.19. The Morgan fingerprint density at radius 2 is 1.68 bits per heavy atom. The zero-order valence-electron chi connectivity index (χ0n) is 17.5. The second kappa shape index (κ2) is 8.83. The van der Waals surface area contributed by atoms with Gasteiger partial charge in [-0.25, -0.2) is 0 Å². The number of hydrogen-bond acceptors (Lipinski definition) is 5. The summed E-state index contributed by atoms with van der Waals surface area (Å²) in [5.41, 5.74) is 4.00. The van der Waals surface area contributed by atoms with Crippen LogP contribution in [0.1, 0.15) is 23.6 Å². The lowest BCUT2D eigenvalue weighted by Gasteiger charge is -2.15. The lowest BCUT2D eigenvalue weighted by atomic mass is 10.0. The number of rotatable bonds is 7. The second-order valence-corrected chi connectivity index (χ2v) is 7.21. The lowest BCUT2D eigenvalue weighted by molar-refractivity contribution is -0.137. The summed E-state index contributed by atoms with van der Waals surface area (Å²) in [6.45, 7) is 2.24. The Morgan fingerprint density at radius 3 is 2.29 bits per heavy atom. The average molecular weight is 413 g/mol. The van der Waals surface area contributed by atoms with Gasteiger partial charge in [0.25, 0.3) is 11.8 Å². The van der Waals surface area contributed by atoms with E-state index in [-0.39, 0.29) is 24.1 Å². The van der Waals surface area contributed by atoms with Crippen LogP contribution in [0.5, 0.6) is 5.75 Å². The standard InChI is InChI=1S/C25H23N3O3/c1-3-17-6-10-20(11-7-17)27-23-22(19-8-12-21(31-2)13-9-19)24(29)28(25(23)30)16-18-5-4-14-26-15-18/h4-15,27H,3,16H2,1-2H3. The molecule has 0 unspecified atom stereocenters. The first-order chi connectivity index (χ1) is 15.1. The number of pyridine rings is 1. The molecule has 0 saturated carbocycles. The minimum absolute atomic E-state index is 0.158. The van der Waals surface area contributed by atoms with E-state index < -0.39 is 0 Å². The average Bonchev–Trinajstić information content (AvgIpc) is 3.04. The molecule has 0 atom stereocenters. The minimum Gasteiger partial charge on any atom is -0.497 e. The van der Waals surface area contributed by atoms with Gasteiger partial charge in [-0.05, 0) is 53.4 Å². The van der Waals surface area contributed by atoms with Crippen LogP contribution in [0, 0.1) is 0 Å². The summed E-state index contributed by atoms with van der Waals surface area (Å²) >= 11 is 0. The summed E-state index contributed by atoms with van der Waals surface area (Å²) < 4.78 is 5.22. The van der Waals surface area contributed by atoms with E-state index in [1.165, 1.54) is 10.5 Å². The molecule has 1 aromatic heterocycles. The summed E-state index contributed by atoms with van der Waals surface area (Å²) in [5, 5.41) is 3.19. The molecule has 6 nitrogen and oxygen atoms in total. The van der Waals surface area contributed by atoms with E-state index in [2.05, 4.69) is 17.2 Å². The van der Waals surface area contributed by atoms with Crippen LogP contribution in [0.4, 0.5) is 5.69 Å². The number of carbonyl (C=O) groups excluding carboxylic acids is 2.